The SMILES string of the molecule is Cc1nc2cc(N)ccc2n1CCNC(N)=O. The number of primary amides is 1. The van der Waals surface area contributed by atoms with Gasteiger partial charge in [-0.1, -0.05) is 0 Å². The highest BCUT2D eigenvalue weighted by atomic mass is 16.2. The van der Waals surface area contributed by atoms with Gasteiger partial charge in [-0.15, -0.1) is 0 Å². The lowest BCUT2D eigenvalue weighted by Gasteiger charge is -2.07. The van der Waals surface area contributed by atoms with Crippen LogP contribution in [0.5, 0.6) is 0 Å². The molecule has 0 fully saturated rings. The fourth-order valence-electron chi connectivity index (χ4n) is 1.84. The number of benzene rings is 1. The number of nitrogen functional groups attached to an aromatic ring is 1. The van der Waals surface area contributed by atoms with Crippen molar-refractivity contribution in [2.24, 2.45) is 5.73 Å². The van der Waals surface area contributed by atoms with Crippen LogP contribution in [-0.4, -0.2) is 22.1 Å². The highest BCUT2D eigenvalue weighted by Gasteiger charge is 2.07. The predicted molar refractivity (Wildman–Crippen MR) is 66.5 cm³/mol. The maximum atomic E-state index is 10.6. The van der Waals surface area contributed by atoms with E-state index in [1.807, 2.05) is 29.7 Å². The summed E-state index contributed by atoms with van der Waals surface area (Å²) in [7, 11) is 0. The van der Waals surface area contributed by atoms with Gasteiger partial charge in [0.25, 0.3) is 0 Å². The number of rotatable bonds is 3. The van der Waals surface area contributed by atoms with Gasteiger partial charge in [-0.05, 0) is 25.1 Å². The Balaban J connectivity index is 2.27. The van der Waals surface area contributed by atoms with Crippen LogP contribution in [0.1, 0.15) is 5.82 Å². The van der Waals surface area contributed by atoms with Crippen LogP contribution in [0.3, 0.4) is 0 Å². The number of carbonyl (C=O) groups is 1. The molecular formula is C11H15N5O. The number of urea groups is 1. The minimum Gasteiger partial charge on any atom is -0.399 e. The fraction of sp³-hybridized carbons (Fsp3) is 0.273. The van der Waals surface area contributed by atoms with Gasteiger partial charge in [0.1, 0.15) is 5.82 Å². The summed E-state index contributed by atoms with van der Waals surface area (Å²) in [6, 6.07) is 5.08. The smallest absolute Gasteiger partial charge is 0.312 e. The molecule has 0 unspecified atom stereocenters. The molecule has 5 N–H and O–H groups in total. The quantitative estimate of drug-likeness (QED) is 0.677. The number of nitrogens with one attached hydrogen (secondary N) is 1. The number of carbonyl (C=O) groups excluding carboxylic acids is 1. The van der Waals surface area contributed by atoms with E-state index in [2.05, 4.69) is 10.3 Å². The molecule has 0 spiro atoms. The van der Waals surface area contributed by atoms with Crippen LogP contribution in [0.15, 0.2) is 18.2 Å². The first-order chi connectivity index (χ1) is 8.08. The van der Waals surface area contributed by atoms with Gasteiger partial charge in [0.15, 0.2) is 0 Å². The zero-order chi connectivity index (χ0) is 12.4. The molecule has 0 atom stereocenters. The third-order valence-corrected chi connectivity index (χ3v) is 2.60. The Morgan fingerprint density at radius 2 is 2.29 bits per heavy atom. The Morgan fingerprint density at radius 3 is 3.00 bits per heavy atom. The molecule has 6 heteroatoms. The van der Waals surface area contributed by atoms with Crippen molar-refractivity contribution in [2.75, 3.05) is 12.3 Å². The molecule has 2 aromatic rings. The summed E-state index contributed by atoms with van der Waals surface area (Å²) >= 11 is 0. The van der Waals surface area contributed by atoms with Gasteiger partial charge in [0.05, 0.1) is 11.0 Å². The molecule has 1 aromatic carbocycles. The highest BCUT2D eigenvalue weighted by molar-refractivity contribution is 5.79. The molecule has 6 nitrogen and oxygen atoms in total. The first-order valence-electron chi connectivity index (χ1n) is 5.33. The third kappa shape index (κ3) is 2.30. The van der Waals surface area contributed by atoms with E-state index in [1.54, 1.807) is 0 Å². The second-order valence-electron chi connectivity index (χ2n) is 3.85. The second-order valence-corrected chi connectivity index (χ2v) is 3.85. The minimum absolute atomic E-state index is 0.478. The van der Waals surface area contributed by atoms with Gasteiger partial charge >= 0.3 is 6.03 Å². The predicted octanol–water partition coefficient (Wildman–Crippen LogP) is 0.595. The van der Waals surface area contributed by atoms with Crippen LogP contribution >= 0.6 is 0 Å². The van der Waals surface area contributed by atoms with E-state index >= 15 is 0 Å². The lowest BCUT2D eigenvalue weighted by atomic mass is 10.3. The summed E-state index contributed by atoms with van der Waals surface area (Å²) in [6.07, 6.45) is 0. The normalized spacial score (nSPS) is 10.6. The molecule has 17 heavy (non-hydrogen) atoms. The van der Waals surface area contributed by atoms with E-state index in [0.29, 0.717) is 18.8 Å². The molecule has 0 bridgehead atoms. The Hall–Kier alpha value is -2.24. The van der Waals surface area contributed by atoms with Gasteiger partial charge in [0.2, 0.25) is 0 Å². The Morgan fingerprint density at radius 1 is 1.53 bits per heavy atom. The monoisotopic (exact) mass is 233 g/mol. The number of hydrogen-bond donors (Lipinski definition) is 3. The first kappa shape index (κ1) is 11.3. The Labute approximate surface area is 98.6 Å². The van der Waals surface area contributed by atoms with Crippen LogP contribution in [-0.2, 0) is 6.54 Å². The van der Waals surface area contributed by atoms with E-state index < -0.39 is 6.03 Å². The molecule has 0 aliphatic carbocycles. The van der Waals surface area contributed by atoms with Crippen LogP contribution < -0.4 is 16.8 Å². The van der Waals surface area contributed by atoms with Gasteiger partial charge < -0.3 is 21.4 Å². The molecule has 0 saturated carbocycles. The number of aromatic nitrogens is 2. The van der Waals surface area contributed by atoms with Crippen molar-refractivity contribution in [3.63, 3.8) is 0 Å². The highest BCUT2D eigenvalue weighted by Crippen LogP contribution is 2.18. The van der Waals surface area contributed by atoms with E-state index in [9.17, 15) is 4.79 Å². The van der Waals surface area contributed by atoms with Crippen molar-refractivity contribution in [2.45, 2.75) is 13.5 Å². The first-order valence-corrected chi connectivity index (χ1v) is 5.33. The maximum absolute atomic E-state index is 10.6. The summed E-state index contributed by atoms with van der Waals surface area (Å²) < 4.78 is 2.02. The fourth-order valence-corrected chi connectivity index (χ4v) is 1.84. The van der Waals surface area contributed by atoms with E-state index in [0.717, 1.165) is 16.9 Å². The van der Waals surface area contributed by atoms with Crippen molar-refractivity contribution >= 4 is 22.8 Å². The molecular weight excluding hydrogens is 218 g/mol. The van der Waals surface area contributed by atoms with Crippen molar-refractivity contribution in [1.29, 1.82) is 0 Å². The maximum Gasteiger partial charge on any atom is 0.312 e. The molecule has 0 radical (unpaired) electrons. The lowest BCUT2D eigenvalue weighted by Crippen LogP contribution is -2.32. The number of imidazole rings is 1. The van der Waals surface area contributed by atoms with E-state index in [1.165, 1.54) is 0 Å². The number of hydrogen-bond acceptors (Lipinski definition) is 3. The number of nitrogens with zero attached hydrogens (tertiary/aromatic N) is 2. The molecule has 2 amide bonds. The summed E-state index contributed by atoms with van der Waals surface area (Å²) in [6.45, 7) is 3.03. The third-order valence-electron chi connectivity index (χ3n) is 2.60. The number of nitrogens with two attached hydrogens (primary N) is 2. The van der Waals surface area contributed by atoms with Crippen molar-refractivity contribution in [3.05, 3.63) is 24.0 Å². The number of anilines is 1. The lowest BCUT2D eigenvalue weighted by molar-refractivity contribution is 0.248. The van der Waals surface area contributed by atoms with Crippen molar-refractivity contribution < 1.29 is 4.79 Å². The Kier molecular flexibility index (Phi) is 2.86. The zero-order valence-corrected chi connectivity index (χ0v) is 9.60. The van der Waals surface area contributed by atoms with E-state index in [4.69, 9.17) is 11.5 Å². The van der Waals surface area contributed by atoms with Crippen molar-refractivity contribution in [1.82, 2.24) is 14.9 Å². The summed E-state index contributed by atoms with van der Waals surface area (Å²) in [5, 5.41) is 2.55. The molecule has 0 aliphatic rings. The number of aryl methyl sites for hydroxylation is 1. The van der Waals surface area contributed by atoms with Gasteiger partial charge in [-0.3, -0.25) is 0 Å². The molecule has 0 aliphatic heterocycles. The minimum atomic E-state index is -0.517. The molecule has 1 heterocycles. The van der Waals surface area contributed by atoms with Gasteiger partial charge in [-0.2, -0.15) is 0 Å². The van der Waals surface area contributed by atoms with Crippen LogP contribution in [0, 0.1) is 6.92 Å². The van der Waals surface area contributed by atoms with Crippen molar-refractivity contribution in [3.8, 4) is 0 Å². The van der Waals surface area contributed by atoms with Gasteiger partial charge in [-0.25, -0.2) is 9.78 Å². The van der Waals surface area contributed by atoms with Gasteiger partial charge in [0, 0.05) is 18.8 Å². The number of fused-ring (bicyclic) bond motifs is 1. The summed E-state index contributed by atoms with van der Waals surface area (Å²) in [5.41, 5.74) is 13.3. The van der Waals surface area contributed by atoms with E-state index in [-0.39, 0.29) is 0 Å². The standard InChI is InChI=1S/C11H15N5O/c1-7-15-9-6-8(12)2-3-10(9)16(7)5-4-14-11(13)17/h2-3,6H,4-5,12H2,1H3,(H3,13,14,17). The number of amides is 2. The molecule has 0 saturated heterocycles. The second kappa shape index (κ2) is 4.32. The average Bonchev–Trinajstić information content (AvgIpc) is 2.54. The van der Waals surface area contributed by atoms with Crippen LogP contribution in [0.25, 0.3) is 11.0 Å². The van der Waals surface area contributed by atoms with Crippen LogP contribution in [0.2, 0.25) is 0 Å². The zero-order valence-electron chi connectivity index (χ0n) is 9.60. The molecule has 2 rings (SSSR count). The molecule has 1 aromatic heterocycles. The topological polar surface area (TPSA) is 99.0 Å². The molecule has 90 valence electrons. The largest absolute Gasteiger partial charge is 0.399 e. The Bertz CT molecular complexity index is 560. The summed E-state index contributed by atoms with van der Waals surface area (Å²) in [4.78, 5) is 15.0. The summed E-state index contributed by atoms with van der Waals surface area (Å²) in [5.74, 6) is 0.886. The van der Waals surface area contributed by atoms with Crippen LogP contribution in [0.4, 0.5) is 10.5 Å². The average molecular weight is 233 g/mol.